The third-order valence-corrected chi connectivity index (χ3v) is 0.746. The van der Waals surface area contributed by atoms with Crippen LogP contribution in [0.1, 0.15) is 10.6 Å². The van der Waals surface area contributed by atoms with Crippen molar-refractivity contribution in [1.29, 1.82) is 0 Å². The van der Waals surface area contributed by atoms with E-state index in [1.165, 1.54) is 0 Å². The highest BCUT2D eigenvalue weighted by molar-refractivity contribution is 6.27. The summed E-state index contributed by atoms with van der Waals surface area (Å²) in [5, 5.41) is 10.9. The number of carboxylic acid groups (broad SMARTS) is 1. The summed E-state index contributed by atoms with van der Waals surface area (Å²) in [5.74, 6) is -1.69. The maximum Gasteiger partial charge on any atom is 0.377 e. The average molecular weight is 149 g/mol. The minimum absolute atomic E-state index is 0.271. The molecule has 0 aliphatic heterocycles. The summed E-state index contributed by atoms with van der Waals surface area (Å²) in [5.41, 5.74) is 0. The molecule has 0 unspecified atom stereocenters. The van der Waals surface area contributed by atoms with E-state index < -0.39 is 11.8 Å². The molecule has 0 saturated carbocycles. The van der Waals surface area contributed by atoms with Crippen LogP contribution in [-0.4, -0.2) is 21.2 Å². The summed E-state index contributed by atoms with van der Waals surface area (Å²) >= 11 is 5.10. The molecule has 0 saturated heterocycles. The maximum atomic E-state index is 9.97. The lowest BCUT2D eigenvalue weighted by molar-refractivity contribution is 0.0680. The van der Waals surface area contributed by atoms with E-state index in [0.29, 0.717) is 0 Å². The largest absolute Gasteiger partial charge is 0.475 e. The Hall–Kier alpha value is -1.10. The Bertz CT molecular complexity index is 233. The molecule has 48 valence electrons. The average Bonchev–Trinajstić information content (AvgIpc) is 2.14. The molecule has 0 radical (unpaired) electrons. The topological polar surface area (TPSA) is 76.2 Å². The summed E-state index contributed by atoms with van der Waals surface area (Å²) < 4.78 is 4.15. The molecule has 1 aromatic rings. The molecule has 0 bridgehead atoms. The van der Waals surface area contributed by atoms with E-state index in [1.807, 2.05) is 0 Å². The van der Waals surface area contributed by atoms with Crippen LogP contribution >= 0.6 is 11.6 Å². The number of carbonyl (C=O) groups is 1. The Balaban J connectivity index is 2.98. The van der Waals surface area contributed by atoms with Crippen LogP contribution in [0, 0.1) is 0 Å². The highest BCUT2D eigenvalue weighted by Gasteiger charge is 2.09. The third-order valence-electron chi connectivity index (χ3n) is 0.593. The lowest BCUT2D eigenvalue weighted by atomic mass is 10.7. The zero-order valence-electron chi connectivity index (χ0n) is 4.04. The standard InChI is InChI=1S/C3HClN2O3/c4-3-5-1(2(7)8)6-9-3/h(H,7,8). The van der Waals surface area contributed by atoms with Crippen molar-refractivity contribution in [1.82, 2.24) is 10.1 Å². The lowest BCUT2D eigenvalue weighted by Gasteiger charge is -1.74. The first kappa shape index (κ1) is 6.03. The van der Waals surface area contributed by atoms with Crippen LogP contribution in [0.15, 0.2) is 4.52 Å². The van der Waals surface area contributed by atoms with Gasteiger partial charge in [0.25, 0.3) is 5.82 Å². The summed E-state index contributed by atoms with van der Waals surface area (Å²) in [6, 6.07) is 0. The molecule has 1 aromatic heterocycles. The van der Waals surface area contributed by atoms with Gasteiger partial charge in [0.05, 0.1) is 0 Å². The van der Waals surface area contributed by atoms with Gasteiger partial charge in [-0.3, -0.25) is 0 Å². The van der Waals surface area contributed by atoms with Gasteiger partial charge in [-0.05, 0) is 16.8 Å². The first-order valence-corrected chi connectivity index (χ1v) is 2.30. The molecule has 0 fully saturated rings. The van der Waals surface area contributed by atoms with Gasteiger partial charge in [-0.2, -0.15) is 4.98 Å². The minimum Gasteiger partial charge on any atom is -0.475 e. The number of halogens is 1. The molecule has 9 heavy (non-hydrogen) atoms. The molecule has 0 atom stereocenters. The van der Waals surface area contributed by atoms with Gasteiger partial charge in [0.15, 0.2) is 0 Å². The molecule has 1 N–H and O–H groups in total. The molecule has 0 spiro atoms. The highest BCUT2D eigenvalue weighted by Crippen LogP contribution is 2.02. The van der Waals surface area contributed by atoms with Crippen molar-refractivity contribution in [2.45, 2.75) is 0 Å². The number of hydrogen-bond donors (Lipinski definition) is 1. The monoisotopic (exact) mass is 148 g/mol. The van der Waals surface area contributed by atoms with E-state index in [4.69, 9.17) is 16.7 Å². The second kappa shape index (κ2) is 2.02. The number of nitrogens with zero attached hydrogens (tertiary/aromatic N) is 2. The smallest absolute Gasteiger partial charge is 0.377 e. The van der Waals surface area contributed by atoms with Crippen LogP contribution < -0.4 is 0 Å². The predicted molar refractivity (Wildman–Crippen MR) is 26.3 cm³/mol. The minimum atomic E-state index is -1.26. The van der Waals surface area contributed by atoms with Crippen molar-refractivity contribution in [2.24, 2.45) is 0 Å². The number of hydrogen-bond acceptors (Lipinski definition) is 4. The van der Waals surface area contributed by atoms with Crippen molar-refractivity contribution in [2.75, 3.05) is 0 Å². The molecule has 6 heteroatoms. The summed E-state index contributed by atoms with van der Waals surface area (Å²) in [6.07, 6.45) is 0. The van der Waals surface area contributed by atoms with Gasteiger partial charge in [-0.15, -0.1) is 0 Å². The lowest BCUT2D eigenvalue weighted by Crippen LogP contribution is -1.97. The molecule has 0 amide bonds. The third kappa shape index (κ3) is 1.17. The van der Waals surface area contributed by atoms with Gasteiger partial charge >= 0.3 is 11.3 Å². The fraction of sp³-hybridized carbons (Fsp3) is 0. The molecule has 0 aliphatic carbocycles. The molecule has 1 heterocycles. The van der Waals surface area contributed by atoms with E-state index in [2.05, 4.69) is 14.7 Å². The highest BCUT2D eigenvalue weighted by atomic mass is 35.5. The number of aromatic nitrogens is 2. The Morgan fingerprint density at radius 3 is 2.67 bits per heavy atom. The van der Waals surface area contributed by atoms with Gasteiger partial charge in [0.1, 0.15) is 0 Å². The first-order chi connectivity index (χ1) is 4.20. The first-order valence-electron chi connectivity index (χ1n) is 1.92. The number of carboxylic acids is 1. The maximum absolute atomic E-state index is 9.97. The quantitative estimate of drug-likeness (QED) is 0.625. The second-order valence-corrected chi connectivity index (χ2v) is 1.50. The summed E-state index contributed by atoms with van der Waals surface area (Å²) in [6.45, 7) is 0. The van der Waals surface area contributed by atoms with Gasteiger partial charge < -0.3 is 9.63 Å². The fourth-order valence-electron chi connectivity index (χ4n) is 0.292. The van der Waals surface area contributed by atoms with Crippen LogP contribution in [0.5, 0.6) is 0 Å². The molecule has 5 nitrogen and oxygen atoms in total. The van der Waals surface area contributed by atoms with Gasteiger partial charge in [0.2, 0.25) is 0 Å². The molecule has 0 aliphatic rings. The van der Waals surface area contributed by atoms with Crippen LogP contribution in [0.3, 0.4) is 0 Å². The Kier molecular flexibility index (Phi) is 1.35. The van der Waals surface area contributed by atoms with Gasteiger partial charge in [-0.25, -0.2) is 4.79 Å². The molecular formula is C3HClN2O3. The van der Waals surface area contributed by atoms with Crippen molar-refractivity contribution in [3.63, 3.8) is 0 Å². The van der Waals surface area contributed by atoms with Gasteiger partial charge in [-0.1, -0.05) is 0 Å². The van der Waals surface area contributed by atoms with E-state index in [-0.39, 0.29) is 5.35 Å². The predicted octanol–water partition coefficient (Wildman–Crippen LogP) is 0.421. The number of aromatic carboxylic acids is 1. The van der Waals surface area contributed by atoms with Crippen LogP contribution in [0.25, 0.3) is 0 Å². The second-order valence-electron chi connectivity index (χ2n) is 1.18. The molecule has 1 rings (SSSR count). The van der Waals surface area contributed by atoms with Crippen molar-refractivity contribution in [3.05, 3.63) is 11.2 Å². The Morgan fingerprint density at radius 1 is 1.78 bits per heavy atom. The summed E-state index contributed by atoms with van der Waals surface area (Å²) in [7, 11) is 0. The van der Waals surface area contributed by atoms with Crippen molar-refractivity contribution < 1.29 is 14.4 Å². The van der Waals surface area contributed by atoms with Crippen LogP contribution in [-0.2, 0) is 0 Å². The van der Waals surface area contributed by atoms with Crippen LogP contribution in [0.2, 0.25) is 5.35 Å². The zero-order chi connectivity index (χ0) is 6.85. The van der Waals surface area contributed by atoms with E-state index in [9.17, 15) is 4.79 Å². The van der Waals surface area contributed by atoms with Crippen molar-refractivity contribution in [3.8, 4) is 0 Å². The Morgan fingerprint density at radius 2 is 2.44 bits per heavy atom. The van der Waals surface area contributed by atoms with Crippen LogP contribution in [0.4, 0.5) is 0 Å². The van der Waals surface area contributed by atoms with Crippen molar-refractivity contribution >= 4 is 17.6 Å². The Labute approximate surface area is 54.2 Å². The van der Waals surface area contributed by atoms with E-state index in [1.54, 1.807) is 0 Å². The SMILES string of the molecule is O=C(O)c1noc(Cl)n1. The normalized spacial score (nSPS) is 9.44. The van der Waals surface area contributed by atoms with Gasteiger partial charge in [0, 0.05) is 0 Å². The fourth-order valence-corrected chi connectivity index (χ4v) is 0.406. The van der Waals surface area contributed by atoms with E-state index >= 15 is 0 Å². The number of rotatable bonds is 1. The van der Waals surface area contributed by atoms with E-state index in [0.717, 1.165) is 0 Å². The molecular weight excluding hydrogens is 147 g/mol. The summed E-state index contributed by atoms with van der Waals surface area (Å²) in [4.78, 5) is 13.2. The zero-order valence-corrected chi connectivity index (χ0v) is 4.79. The molecule has 0 aromatic carbocycles.